The van der Waals surface area contributed by atoms with E-state index in [-0.39, 0.29) is 5.56 Å². The number of aromatic nitrogens is 2. The van der Waals surface area contributed by atoms with Crippen molar-refractivity contribution in [3.63, 3.8) is 0 Å². The topological polar surface area (TPSA) is 47.0 Å². The summed E-state index contributed by atoms with van der Waals surface area (Å²) in [7, 11) is 0. The Hall–Kier alpha value is -1.46. The maximum Gasteiger partial charge on any atom is 0.262 e. The normalized spacial score (nSPS) is 19.7. The molecule has 19 heavy (non-hydrogen) atoms. The highest BCUT2D eigenvalue weighted by atomic mass is 32.1. The molecule has 5 heteroatoms. The van der Waals surface area contributed by atoms with Crippen molar-refractivity contribution in [3.05, 3.63) is 39.4 Å². The van der Waals surface area contributed by atoms with E-state index >= 15 is 0 Å². The Morgan fingerprint density at radius 2 is 2.26 bits per heavy atom. The van der Waals surface area contributed by atoms with Crippen molar-refractivity contribution in [2.75, 3.05) is 13.2 Å². The number of nitrogens with one attached hydrogen (secondary N) is 1. The Labute approximate surface area is 116 Å². The molecule has 0 spiro atoms. The highest BCUT2D eigenvalue weighted by molar-refractivity contribution is 7.71. The Morgan fingerprint density at radius 1 is 1.42 bits per heavy atom. The minimum absolute atomic E-state index is 0.00933. The molecule has 1 atom stereocenters. The van der Waals surface area contributed by atoms with Crippen LogP contribution in [0.2, 0.25) is 0 Å². The molecule has 0 radical (unpaired) electrons. The van der Waals surface area contributed by atoms with Crippen LogP contribution in [0.5, 0.6) is 0 Å². The van der Waals surface area contributed by atoms with E-state index in [2.05, 4.69) is 4.98 Å². The van der Waals surface area contributed by atoms with Gasteiger partial charge >= 0.3 is 0 Å². The van der Waals surface area contributed by atoms with Gasteiger partial charge in [0.05, 0.1) is 17.5 Å². The highest BCUT2D eigenvalue weighted by Gasteiger charge is 2.16. The summed E-state index contributed by atoms with van der Waals surface area (Å²) in [5, 5.41) is 0.688. The number of fused-ring (bicyclic) bond motifs is 1. The minimum atomic E-state index is -0.00933. The summed E-state index contributed by atoms with van der Waals surface area (Å²) >= 11 is 5.30. The quantitative estimate of drug-likeness (QED) is 0.857. The minimum Gasteiger partial charge on any atom is -0.381 e. The average Bonchev–Trinajstić information content (AvgIpc) is 2.45. The van der Waals surface area contributed by atoms with Crippen molar-refractivity contribution in [1.82, 2.24) is 9.55 Å². The Bertz CT molecular complexity index is 698. The van der Waals surface area contributed by atoms with Gasteiger partial charge in [-0.15, -0.1) is 0 Å². The molecule has 3 rings (SSSR count). The number of H-pyrrole nitrogens is 1. The largest absolute Gasteiger partial charge is 0.381 e. The van der Waals surface area contributed by atoms with E-state index in [9.17, 15) is 4.79 Å². The van der Waals surface area contributed by atoms with Crippen molar-refractivity contribution in [2.45, 2.75) is 19.4 Å². The van der Waals surface area contributed by atoms with Crippen LogP contribution < -0.4 is 5.56 Å². The molecule has 1 saturated heterocycles. The van der Waals surface area contributed by atoms with Gasteiger partial charge in [0.1, 0.15) is 0 Å². The zero-order chi connectivity index (χ0) is 13.2. The van der Waals surface area contributed by atoms with Crippen LogP contribution >= 0.6 is 12.2 Å². The summed E-state index contributed by atoms with van der Waals surface area (Å²) < 4.78 is 7.62. The Kier molecular flexibility index (Phi) is 3.48. The van der Waals surface area contributed by atoms with E-state index in [0.717, 1.165) is 25.0 Å². The van der Waals surface area contributed by atoms with Crippen molar-refractivity contribution in [2.24, 2.45) is 5.92 Å². The van der Waals surface area contributed by atoms with Crippen LogP contribution in [0, 0.1) is 10.7 Å². The van der Waals surface area contributed by atoms with Gasteiger partial charge in [0.25, 0.3) is 5.56 Å². The number of hydrogen-bond donors (Lipinski definition) is 1. The van der Waals surface area contributed by atoms with Gasteiger partial charge in [0.2, 0.25) is 0 Å². The number of rotatable bonds is 2. The molecule has 0 amide bonds. The fourth-order valence-corrected chi connectivity index (χ4v) is 2.84. The molecule has 1 fully saturated rings. The number of ether oxygens (including phenoxy) is 1. The molecule has 1 unspecified atom stereocenters. The van der Waals surface area contributed by atoms with E-state index in [1.807, 2.05) is 24.3 Å². The molecule has 1 aromatic heterocycles. The predicted molar refractivity (Wildman–Crippen MR) is 76.9 cm³/mol. The summed E-state index contributed by atoms with van der Waals surface area (Å²) in [4.78, 5) is 15.6. The van der Waals surface area contributed by atoms with E-state index in [1.165, 1.54) is 0 Å². The van der Waals surface area contributed by atoms with Crippen LogP contribution in [0.1, 0.15) is 12.8 Å². The fraction of sp³-hybridized carbons (Fsp3) is 0.429. The molecular formula is C14H16N2O2S. The third-order valence-corrected chi connectivity index (χ3v) is 3.91. The van der Waals surface area contributed by atoms with Crippen molar-refractivity contribution < 1.29 is 4.74 Å². The number of hydrogen-bond acceptors (Lipinski definition) is 3. The van der Waals surface area contributed by atoms with E-state index in [0.29, 0.717) is 29.2 Å². The Morgan fingerprint density at radius 3 is 3.05 bits per heavy atom. The molecular weight excluding hydrogens is 260 g/mol. The monoisotopic (exact) mass is 276 g/mol. The smallest absolute Gasteiger partial charge is 0.262 e. The standard InChI is InChI=1S/C14H16N2O2S/c17-13-11-5-1-2-6-12(11)15-14(19)16(13)8-10-4-3-7-18-9-10/h1-2,5-6,10H,3-4,7-9H2,(H,15,19). The summed E-state index contributed by atoms with van der Waals surface area (Å²) in [5.74, 6) is 0.378. The van der Waals surface area contributed by atoms with Gasteiger partial charge in [-0.3, -0.25) is 9.36 Å². The third kappa shape index (κ3) is 2.48. The molecule has 100 valence electrons. The molecule has 2 aromatic rings. The van der Waals surface area contributed by atoms with Crippen molar-refractivity contribution in [1.29, 1.82) is 0 Å². The van der Waals surface area contributed by atoms with Gasteiger partial charge in [-0.05, 0) is 37.2 Å². The fourth-order valence-electron chi connectivity index (χ4n) is 2.57. The van der Waals surface area contributed by atoms with E-state index in [4.69, 9.17) is 17.0 Å². The summed E-state index contributed by atoms with van der Waals surface area (Å²) in [6, 6.07) is 7.47. The first-order valence-corrected chi connectivity index (χ1v) is 6.96. The molecule has 4 nitrogen and oxygen atoms in total. The van der Waals surface area contributed by atoms with Crippen molar-refractivity contribution in [3.8, 4) is 0 Å². The third-order valence-electron chi connectivity index (χ3n) is 3.58. The summed E-state index contributed by atoms with van der Waals surface area (Å²) in [5.41, 5.74) is 0.790. The summed E-state index contributed by atoms with van der Waals surface area (Å²) in [6.07, 6.45) is 2.15. The molecule has 1 aliphatic rings. The number of benzene rings is 1. The molecule has 0 bridgehead atoms. The first-order chi connectivity index (χ1) is 9.25. The van der Waals surface area contributed by atoms with Gasteiger partial charge in [0.15, 0.2) is 4.77 Å². The molecule has 0 aliphatic carbocycles. The van der Waals surface area contributed by atoms with Crippen LogP contribution in [-0.2, 0) is 11.3 Å². The zero-order valence-corrected chi connectivity index (χ0v) is 11.4. The van der Waals surface area contributed by atoms with Gasteiger partial charge < -0.3 is 9.72 Å². The van der Waals surface area contributed by atoms with Gasteiger partial charge in [-0.2, -0.15) is 0 Å². The SMILES string of the molecule is O=c1c2ccccc2[nH]c(=S)n1CC1CCCOC1. The molecule has 0 saturated carbocycles. The van der Waals surface area contributed by atoms with Crippen LogP contribution in [0.25, 0.3) is 10.9 Å². The van der Waals surface area contributed by atoms with Gasteiger partial charge in [0, 0.05) is 19.1 Å². The van der Waals surface area contributed by atoms with Crippen LogP contribution in [-0.4, -0.2) is 22.8 Å². The molecule has 2 heterocycles. The average molecular weight is 276 g/mol. The van der Waals surface area contributed by atoms with E-state index < -0.39 is 0 Å². The van der Waals surface area contributed by atoms with Crippen LogP contribution in [0.15, 0.2) is 29.1 Å². The predicted octanol–water partition coefficient (Wildman–Crippen LogP) is 2.49. The maximum absolute atomic E-state index is 12.5. The molecule has 1 N–H and O–H groups in total. The highest BCUT2D eigenvalue weighted by Crippen LogP contribution is 2.15. The second-order valence-electron chi connectivity index (χ2n) is 4.97. The molecule has 1 aromatic carbocycles. The van der Waals surface area contributed by atoms with Crippen molar-refractivity contribution >= 4 is 23.1 Å². The van der Waals surface area contributed by atoms with Crippen LogP contribution in [0.4, 0.5) is 0 Å². The zero-order valence-electron chi connectivity index (χ0n) is 10.6. The number of para-hydroxylation sites is 1. The maximum atomic E-state index is 12.5. The van der Waals surface area contributed by atoms with Gasteiger partial charge in [-0.25, -0.2) is 0 Å². The first kappa shape index (κ1) is 12.6. The number of aromatic amines is 1. The lowest BCUT2D eigenvalue weighted by atomic mass is 10.0. The lowest BCUT2D eigenvalue weighted by molar-refractivity contribution is 0.0478. The Balaban J connectivity index is 2.03. The number of nitrogens with zero attached hydrogens (tertiary/aromatic N) is 1. The van der Waals surface area contributed by atoms with Gasteiger partial charge in [-0.1, -0.05) is 12.1 Å². The van der Waals surface area contributed by atoms with E-state index in [1.54, 1.807) is 4.57 Å². The lowest BCUT2D eigenvalue weighted by Crippen LogP contribution is -2.29. The second kappa shape index (κ2) is 5.27. The summed E-state index contributed by atoms with van der Waals surface area (Å²) in [6.45, 7) is 2.18. The second-order valence-corrected chi connectivity index (χ2v) is 5.36. The lowest BCUT2D eigenvalue weighted by Gasteiger charge is -2.22. The first-order valence-electron chi connectivity index (χ1n) is 6.55. The van der Waals surface area contributed by atoms with Crippen LogP contribution in [0.3, 0.4) is 0 Å². The molecule has 1 aliphatic heterocycles.